The minimum absolute atomic E-state index is 0.111. The van der Waals surface area contributed by atoms with Gasteiger partial charge in [-0.2, -0.15) is 0 Å². The lowest BCUT2D eigenvalue weighted by Crippen LogP contribution is -2.32. The molecule has 0 bridgehead atoms. The first-order valence-corrected chi connectivity index (χ1v) is 11.6. The van der Waals surface area contributed by atoms with E-state index < -0.39 is 4.92 Å². The maximum absolute atomic E-state index is 13.1. The number of thioether (sulfide) groups is 1. The van der Waals surface area contributed by atoms with Crippen molar-refractivity contribution in [3.63, 3.8) is 0 Å². The third-order valence-electron chi connectivity index (χ3n) is 5.03. The van der Waals surface area contributed by atoms with Crippen LogP contribution >= 0.6 is 23.4 Å². The molecule has 9 nitrogen and oxygen atoms in total. The van der Waals surface area contributed by atoms with E-state index in [0.29, 0.717) is 51.7 Å². The smallest absolute Gasteiger partial charge is 0.270 e. The van der Waals surface area contributed by atoms with Crippen molar-refractivity contribution in [2.24, 2.45) is 4.99 Å². The van der Waals surface area contributed by atoms with Gasteiger partial charge in [0.15, 0.2) is 5.17 Å². The minimum atomic E-state index is -0.517. The van der Waals surface area contributed by atoms with Gasteiger partial charge in [0.2, 0.25) is 0 Å². The Kier molecular flexibility index (Phi) is 7.54. The number of methoxy groups -OCH3 is 2. The van der Waals surface area contributed by atoms with Crippen molar-refractivity contribution in [1.82, 2.24) is 4.90 Å². The summed E-state index contributed by atoms with van der Waals surface area (Å²) in [5, 5.41) is 11.7. The molecule has 1 aliphatic rings. The summed E-state index contributed by atoms with van der Waals surface area (Å²) in [5.41, 5.74) is 1.08. The van der Waals surface area contributed by atoms with E-state index in [1.165, 1.54) is 30.0 Å². The summed E-state index contributed by atoms with van der Waals surface area (Å²) >= 11 is 7.44. The summed E-state index contributed by atoms with van der Waals surface area (Å²) < 4.78 is 16.2. The highest BCUT2D eigenvalue weighted by Crippen LogP contribution is 2.36. The zero-order valence-corrected chi connectivity index (χ0v) is 20.3. The van der Waals surface area contributed by atoms with Crippen LogP contribution in [0.25, 0.3) is 17.4 Å². The number of non-ortho nitro benzene ring substituents is 1. The SMILES string of the molecule is COCCN1C(=O)/C(=C/c2ccc(-c3ccc([N+](=O)[O-])cc3Cl)o2)SC1=Nc1ccc(OC)cc1. The molecule has 1 amide bonds. The highest BCUT2D eigenvalue weighted by Gasteiger charge is 2.33. The van der Waals surface area contributed by atoms with E-state index in [0.717, 1.165) is 0 Å². The second kappa shape index (κ2) is 10.8. The van der Waals surface area contributed by atoms with Crippen LogP contribution in [0.2, 0.25) is 5.02 Å². The number of nitro groups is 1. The van der Waals surface area contributed by atoms with Crippen LogP contribution in [0.3, 0.4) is 0 Å². The van der Waals surface area contributed by atoms with Gasteiger partial charge in [-0.15, -0.1) is 0 Å². The van der Waals surface area contributed by atoms with Crippen LogP contribution in [0.1, 0.15) is 5.76 Å². The molecule has 0 spiro atoms. The molecule has 3 aromatic rings. The lowest BCUT2D eigenvalue weighted by Gasteiger charge is -2.14. The number of aliphatic imine (C=N–C) groups is 1. The maximum atomic E-state index is 13.1. The molecule has 2 heterocycles. The van der Waals surface area contributed by atoms with E-state index in [-0.39, 0.29) is 16.6 Å². The summed E-state index contributed by atoms with van der Waals surface area (Å²) in [6.07, 6.45) is 1.63. The number of halogens is 1. The Morgan fingerprint density at radius 1 is 1.17 bits per heavy atom. The van der Waals surface area contributed by atoms with Crippen LogP contribution in [-0.4, -0.2) is 48.3 Å². The number of amides is 1. The number of nitrogens with zero attached hydrogens (tertiary/aromatic N) is 3. The van der Waals surface area contributed by atoms with Gasteiger partial charge in [-0.3, -0.25) is 19.8 Å². The quantitative estimate of drug-likeness (QED) is 0.214. The third kappa shape index (κ3) is 5.56. The number of hydrogen-bond acceptors (Lipinski definition) is 8. The number of amidine groups is 1. The Morgan fingerprint density at radius 2 is 1.94 bits per heavy atom. The lowest BCUT2D eigenvalue weighted by molar-refractivity contribution is -0.384. The summed E-state index contributed by atoms with van der Waals surface area (Å²) in [4.78, 5) is 30.2. The number of furan rings is 1. The van der Waals surface area contributed by atoms with Crippen LogP contribution < -0.4 is 4.74 Å². The molecule has 2 aromatic carbocycles. The fourth-order valence-corrected chi connectivity index (χ4v) is 4.53. The first kappa shape index (κ1) is 24.5. The van der Waals surface area contributed by atoms with Gasteiger partial charge >= 0.3 is 0 Å². The van der Waals surface area contributed by atoms with Crippen molar-refractivity contribution in [2.45, 2.75) is 0 Å². The predicted octanol–water partition coefficient (Wildman–Crippen LogP) is 5.77. The topological polar surface area (TPSA) is 107 Å². The zero-order valence-electron chi connectivity index (χ0n) is 18.8. The fourth-order valence-electron chi connectivity index (χ4n) is 3.26. The van der Waals surface area contributed by atoms with Gasteiger partial charge in [0.25, 0.3) is 11.6 Å². The average Bonchev–Trinajstić information content (AvgIpc) is 3.42. The second-order valence-electron chi connectivity index (χ2n) is 7.28. The highest BCUT2D eigenvalue weighted by atomic mass is 35.5. The number of carbonyl (C=O) groups excluding carboxylic acids is 1. The first-order chi connectivity index (χ1) is 16.9. The molecule has 0 aliphatic carbocycles. The summed E-state index contributed by atoms with van der Waals surface area (Å²) in [7, 11) is 3.16. The highest BCUT2D eigenvalue weighted by molar-refractivity contribution is 8.18. The Hall–Kier alpha value is -3.60. The van der Waals surface area contributed by atoms with Crippen molar-refractivity contribution in [3.05, 3.63) is 80.4 Å². The van der Waals surface area contributed by atoms with Crippen molar-refractivity contribution in [2.75, 3.05) is 27.4 Å². The number of benzene rings is 2. The summed E-state index contributed by atoms with van der Waals surface area (Å²) in [6.45, 7) is 0.696. The number of nitro benzene ring substituents is 1. The Bertz CT molecular complexity index is 1320. The normalized spacial score (nSPS) is 15.9. The van der Waals surface area contributed by atoms with Crippen LogP contribution in [0, 0.1) is 10.1 Å². The van der Waals surface area contributed by atoms with E-state index in [2.05, 4.69) is 4.99 Å². The van der Waals surface area contributed by atoms with Gasteiger partial charge in [0.05, 0.1) is 40.8 Å². The molecule has 1 aliphatic heterocycles. The van der Waals surface area contributed by atoms with Crippen molar-refractivity contribution < 1.29 is 23.6 Å². The molecular weight excluding hydrogens is 494 g/mol. The van der Waals surface area contributed by atoms with E-state index in [1.807, 2.05) is 0 Å². The monoisotopic (exact) mass is 513 g/mol. The average molecular weight is 514 g/mol. The largest absolute Gasteiger partial charge is 0.497 e. The molecule has 180 valence electrons. The molecule has 1 fully saturated rings. The predicted molar refractivity (Wildman–Crippen MR) is 135 cm³/mol. The maximum Gasteiger partial charge on any atom is 0.270 e. The molecule has 1 saturated heterocycles. The Balaban J connectivity index is 1.61. The lowest BCUT2D eigenvalue weighted by atomic mass is 10.1. The van der Waals surface area contributed by atoms with Crippen molar-refractivity contribution >= 4 is 51.9 Å². The molecule has 0 unspecified atom stereocenters. The summed E-state index contributed by atoms with van der Waals surface area (Å²) in [6, 6.07) is 14.7. The van der Waals surface area contributed by atoms with Gasteiger partial charge < -0.3 is 13.9 Å². The molecule has 4 rings (SSSR count). The van der Waals surface area contributed by atoms with E-state index >= 15 is 0 Å². The molecule has 11 heteroatoms. The molecule has 0 atom stereocenters. The molecule has 35 heavy (non-hydrogen) atoms. The van der Waals surface area contributed by atoms with Crippen LogP contribution in [0.5, 0.6) is 5.75 Å². The number of ether oxygens (including phenoxy) is 2. The van der Waals surface area contributed by atoms with Crippen molar-refractivity contribution in [3.8, 4) is 17.1 Å². The molecule has 0 saturated carbocycles. The Labute approximate surface area is 210 Å². The van der Waals surface area contributed by atoms with Gasteiger partial charge in [0, 0.05) is 30.9 Å². The number of carbonyl (C=O) groups is 1. The minimum Gasteiger partial charge on any atom is -0.497 e. The Morgan fingerprint density at radius 3 is 2.60 bits per heavy atom. The molecule has 1 aromatic heterocycles. The van der Waals surface area contributed by atoms with Gasteiger partial charge in [-0.25, -0.2) is 4.99 Å². The standard InChI is InChI=1S/C24H20ClN3O6S/c1-32-12-11-27-23(29)22(35-24(27)26-15-3-6-17(33-2)7-4-15)14-18-8-10-21(34-18)19-9-5-16(28(30)31)13-20(19)25/h3-10,13-14H,11-12H2,1-2H3/b22-14-,26-24?. The second-order valence-corrected chi connectivity index (χ2v) is 8.69. The zero-order chi connectivity index (χ0) is 24.9. The van der Waals surface area contributed by atoms with E-state index in [1.54, 1.807) is 61.6 Å². The van der Waals surface area contributed by atoms with Crippen LogP contribution in [0.4, 0.5) is 11.4 Å². The van der Waals surface area contributed by atoms with Crippen LogP contribution in [0.15, 0.2) is 68.9 Å². The fraction of sp³-hybridized carbons (Fsp3) is 0.167. The number of hydrogen-bond donors (Lipinski definition) is 0. The molecular formula is C24H20ClN3O6S. The van der Waals surface area contributed by atoms with Crippen molar-refractivity contribution in [1.29, 1.82) is 0 Å². The van der Waals surface area contributed by atoms with Gasteiger partial charge in [-0.05, 0) is 54.2 Å². The van der Waals surface area contributed by atoms with Gasteiger partial charge in [0.1, 0.15) is 17.3 Å². The van der Waals surface area contributed by atoms with E-state index in [4.69, 9.17) is 25.5 Å². The number of rotatable bonds is 8. The van der Waals surface area contributed by atoms with E-state index in [9.17, 15) is 14.9 Å². The summed E-state index contributed by atoms with van der Waals surface area (Å²) in [5.74, 6) is 1.35. The molecule has 0 radical (unpaired) electrons. The first-order valence-electron chi connectivity index (χ1n) is 10.4. The van der Waals surface area contributed by atoms with Gasteiger partial charge in [-0.1, -0.05) is 11.6 Å². The third-order valence-corrected chi connectivity index (χ3v) is 6.35. The van der Waals surface area contributed by atoms with Crippen LogP contribution in [-0.2, 0) is 9.53 Å². The molecule has 0 N–H and O–H groups in total.